The molecule has 1 aromatic heterocycles. The lowest BCUT2D eigenvalue weighted by molar-refractivity contribution is 0.170. The Bertz CT molecular complexity index is 740. The summed E-state index contributed by atoms with van der Waals surface area (Å²) in [7, 11) is 1.68. The van der Waals surface area contributed by atoms with Crippen molar-refractivity contribution in [2.75, 3.05) is 13.7 Å². The molecule has 2 atom stereocenters. The highest BCUT2D eigenvalue weighted by Crippen LogP contribution is 2.30. The van der Waals surface area contributed by atoms with E-state index in [-0.39, 0.29) is 6.04 Å². The third kappa shape index (κ3) is 4.71. The Balaban J connectivity index is 1.57. The van der Waals surface area contributed by atoms with Crippen molar-refractivity contribution < 1.29 is 9.84 Å². The van der Waals surface area contributed by atoms with Crippen LogP contribution in [0.5, 0.6) is 5.75 Å². The first-order valence-corrected chi connectivity index (χ1v) is 9.36. The molecule has 26 heavy (non-hydrogen) atoms. The molecule has 1 aliphatic rings. The molecule has 0 aliphatic heterocycles. The molecule has 2 aromatic rings. The van der Waals surface area contributed by atoms with Crippen LogP contribution in [0, 0.1) is 0 Å². The monoisotopic (exact) mass is 352 g/mol. The van der Waals surface area contributed by atoms with Crippen LogP contribution < -0.4 is 10.1 Å². The fourth-order valence-corrected chi connectivity index (χ4v) is 3.45. The fourth-order valence-electron chi connectivity index (χ4n) is 3.45. The highest BCUT2D eigenvalue weighted by Gasteiger charge is 2.18. The lowest BCUT2D eigenvalue weighted by Gasteiger charge is -2.19. The topological polar surface area (TPSA) is 54.4 Å². The van der Waals surface area contributed by atoms with Crippen LogP contribution in [0.15, 0.2) is 48.7 Å². The maximum absolute atomic E-state index is 10.7. The minimum absolute atomic E-state index is 0.267. The number of allylic oxidation sites excluding steroid dienone is 2. The van der Waals surface area contributed by atoms with Gasteiger partial charge in [0, 0.05) is 24.3 Å². The van der Waals surface area contributed by atoms with Crippen molar-refractivity contribution in [3.8, 4) is 5.75 Å². The first kappa shape index (κ1) is 18.6. The smallest absolute Gasteiger partial charge is 0.118 e. The number of aliphatic hydroxyl groups is 1. The number of rotatable bonds is 8. The van der Waals surface area contributed by atoms with Gasteiger partial charge in [-0.3, -0.25) is 4.98 Å². The van der Waals surface area contributed by atoms with E-state index in [1.165, 1.54) is 17.6 Å². The third-order valence-electron chi connectivity index (χ3n) is 4.90. The molecule has 0 spiro atoms. The van der Waals surface area contributed by atoms with E-state index >= 15 is 0 Å². The van der Waals surface area contributed by atoms with Crippen molar-refractivity contribution in [3.63, 3.8) is 0 Å². The lowest BCUT2D eigenvalue weighted by Crippen LogP contribution is -2.32. The van der Waals surface area contributed by atoms with Crippen LogP contribution in [0.25, 0.3) is 5.57 Å². The van der Waals surface area contributed by atoms with Gasteiger partial charge in [0.05, 0.1) is 18.9 Å². The molecule has 0 unspecified atom stereocenters. The average molecular weight is 352 g/mol. The molecule has 4 heteroatoms. The minimum Gasteiger partial charge on any atom is -0.497 e. The number of benzene rings is 1. The van der Waals surface area contributed by atoms with Crippen LogP contribution in [0.3, 0.4) is 0 Å². The second kappa shape index (κ2) is 8.97. The van der Waals surface area contributed by atoms with E-state index in [0.717, 1.165) is 36.3 Å². The largest absolute Gasteiger partial charge is 0.497 e. The zero-order valence-corrected chi connectivity index (χ0v) is 15.6. The molecule has 0 saturated heterocycles. The number of pyridine rings is 1. The van der Waals surface area contributed by atoms with Gasteiger partial charge in [-0.1, -0.05) is 24.3 Å². The summed E-state index contributed by atoms with van der Waals surface area (Å²) in [5.41, 5.74) is 4.40. The second-order valence-electron chi connectivity index (χ2n) is 6.94. The van der Waals surface area contributed by atoms with Gasteiger partial charge >= 0.3 is 0 Å². The van der Waals surface area contributed by atoms with Crippen molar-refractivity contribution in [1.82, 2.24) is 10.3 Å². The van der Waals surface area contributed by atoms with Gasteiger partial charge in [-0.05, 0) is 61.9 Å². The van der Waals surface area contributed by atoms with Gasteiger partial charge in [0.25, 0.3) is 0 Å². The van der Waals surface area contributed by atoms with E-state index in [1.54, 1.807) is 7.11 Å². The molecule has 1 aromatic carbocycles. The van der Waals surface area contributed by atoms with E-state index in [1.807, 2.05) is 30.5 Å². The highest BCUT2D eigenvalue weighted by molar-refractivity contribution is 5.67. The number of aliphatic hydroxyl groups excluding tert-OH is 1. The summed E-state index contributed by atoms with van der Waals surface area (Å²) >= 11 is 0. The molecular formula is C22H28N2O2. The van der Waals surface area contributed by atoms with Crippen LogP contribution in [0.2, 0.25) is 0 Å². The van der Waals surface area contributed by atoms with Gasteiger partial charge in [0.1, 0.15) is 5.75 Å². The summed E-state index contributed by atoms with van der Waals surface area (Å²) in [5, 5.41) is 14.1. The number of hydrogen-bond donors (Lipinski definition) is 2. The molecule has 3 rings (SSSR count). The van der Waals surface area contributed by atoms with Crippen molar-refractivity contribution in [2.24, 2.45) is 0 Å². The van der Waals surface area contributed by atoms with Gasteiger partial charge in [0.15, 0.2) is 0 Å². The molecule has 1 heterocycles. The SMILES string of the molecule is COc1ccc(C[C@@H](C)NC[C@H](O)c2cccnc2C2=CCCC2)cc1. The molecular weight excluding hydrogens is 324 g/mol. The van der Waals surface area contributed by atoms with Crippen LogP contribution in [0.4, 0.5) is 0 Å². The number of methoxy groups -OCH3 is 1. The predicted molar refractivity (Wildman–Crippen MR) is 105 cm³/mol. The standard InChI is InChI=1S/C22H28N2O2/c1-16(14-17-9-11-19(26-2)12-10-17)24-15-21(25)20-8-5-13-23-22(20)18-6-3-4-7-18/h5-6,8-13,16,21,24-25H,3-4,7,14-15H2,1-2H3/t16-,21+/m1/s1. The molecule has 2 N–H and O–H groups in total. The van der Waals surface area contributed by atoms with Crippen LogP contribution in [-0.2, 0) is 6.42 Å². The van der Waals surface area contributed by atoms with E-state index in [4.69, 9.17) is 4.74 Å². The number of aromatic nitrogens is 1. The summed E-state index contributed by atoms with van der Waals surface area (Å²) in [6.07, 6.45) is 7.75. The number of nitrogens with one attached hydrogen (secondary N) is 1. The molecule has 138 valence electrons. The van der Waals surface area contributed by atoms with E-state index in [9.17, 15) is 5.11 Å². The van der Waals surface area contributed by atoms with Crippen molar-refractivity contribution >= 4 is 5.57 Å². The fraction of sp³-hybridized carbons (Fsp3) is 0.409. The Kier molecular flexibility index (Phi) is 6.42. The zero-order valence-electron chi connectivity index (χ0n) is 15.6. The maximum atomic E-state index is 10.7. The van der Waals surface area contributed by atoms with Crippen molar-refractivity contribution in [1.29, 1.82) is 0 Å². The Morgan fingerprint density at radius 1 is 1.23 bits per heavy atom. The third-order valence-corrected chi connectivity index (χ3v) is 4.90. The molecule has 0 radical (unpaired) electrons. The summed E-state index contributed by atoms with van der Waals surface area (Å²) in [6, 6.07) is 12.3. The van der Waals surface area contributed by atoms with Crippen LogP contribution in [0.1, 0.15) is 49.1 Å². The Hall–Kier alpha value is -2.17. The molecule has 0 amide bonds. The van der Waals surface area contributed by atoms with Gasteiger partial charge in [-0.15, -0.1) is 0 Å². The van der Waals surface area contributed by atoms with Crippen molar-refractivity contribution in [2.45, 2.75) is 44.8 Å². The van der Waals surface area contributed by atoms with E-state index in [0.29, 0.717) is 6.54 Å². The molecule has 4 nitrogen and oxygen atoms in total. The quantitative estimate of drug-likeness (QED) is 0.756. The molecule has 0 saturated carbocycles. The van der Waals surface area contributed by atoms with Crippen molar-refractivity contribution in [3.05, 3.63) is 65.5 Å². The summed E-state index contributed by atoms with van der Waals surface area (Å²) in [5.74, 6) is 0.870. The van der Waals surface area contributed by atoms with Gasteiger partial charge < -0.3 is 15.2 Å². The van der Waals surface area contributed by atoms with Gasteiger partial charge in [-0.2, -0.15) is 0 Å². The van der Waals surface area contributed by atoms with Crippen LogP contribution in [-0.4, -0.2) is 29.8 Å². The Morgan fingerprint density at radius 3 is 2.73 bits per heavy atom. The summed E-state index contributed by atoms with van der Waals surface area (Å²) in [6.45, 7) is 2.66. The lowest BCUT2D eigenvalue weighted by atomic mass is 10.0. The molecule has 1 aliphatic carbocycles. The van der Waals surface area contributed by atoms with Gasteiger partial charge in [0.2, 0.25) is 0 Å². The predicted octanol–water partition coefficient (Wildman–Crippen LogP) is 3.91. The summed E-state index contributed by atoms with van der Waals surface area (Å²) in [4.78, 5) is 4.53. The summed E-state index contributed by atoms with van der Waals surface area (Å²) < 4.78 is 5.20. The second-order valence-corrected chi connectivity index (χ2v) is 6.94. The zero-order chi connectivity index (χ0) is 18.4. The average Bonchev–Trinajstić information content (AvgIpc) is 3.21. The molecule has 0 bridgehead atoms. The number of hydrogen-bond acceptors (Lipinski definition) is 4. The van der Waals surface area contributed by atoms with E-state index in [2.05, 4.69) is 35.4 Å². The van der Waals surface area contributed by atoms with Crippen LogP contribution >= 0.6 is 0 Å². The maximum Gasteiger partial charge on any atom is 0.118 e. The van der Waals surface area contributed by atoms with Gasteiger partial charge in [-0.25, -0.2) is 0 Å². The molecule has 0 fully saturated rings. The first-order chi connectivity index (χ1) is 12.7. The highest BCUT2D eigenvalue weighted by atomic mass is 16.5. The first-order valence-electron chi connectivity index (χ1n) is 9.36. The Morgan fingerprint density at radius 2 is 2.04 bits per heavy atom. The normalized spacial score (nSPS) is 16.2. The minimum atomic E-state index is -0.557. The Labute approximate surface area is 155 Å². The van der Waals surface area contributed by atoms with E-state index < -0.39 is 6.10 Å². The number of nitrogens with zero attached hydrogens (tertiary/aromatic N) is 1. The number of ether oxygens (including phenoxy) is 1.